The quantitative estimate of drug-likeness (QED) is 0.929. The van der Waals surface area contributed by atoms with Gasteiger partial charge in [0.2, 0.25) is 5.89 Å². The zero-order chi connectivity index (χ0) is 14.7. The summed E-state index contributed by atoms with van der Waals surface area (Å²) in [6.07, 6.45) is 8.30. The second-order valence-corrected chi connectivity index (χ2v) is 6.80. The fraction of sp³-hybridized carbons (Fsp3) is 0.824. The van der Waals surface area contributed by atoms with Gasteiger partial charge in [-0.1, -0.05) is 19.3 Å². The Morgan fingerprint density at radius 3 is 2.71 bits per heavy atom. The number of aromatic nitrogens is 1. The van der Waals surface area contributed by atoms with Crippen LogP contribution in [0.1, 0.15) is 55.9 Å². The molecule has 1 aliphatic heterocycles. The molecule has 0 radical (unpaired) electrons. The van der Waals surface area contributed by atoms with E-state index in [4.69, 9.17) is 4.42 Å². The molecule has 1 aromatic heterocycles. The van der Waals surface area contributed by atoms with Gasteiger partial charge in [0.05, 0.1) is 12.2 Å². The molecule has 0 bridgehead atoms. The first kappa shape index (κ1) is 15.0. The Morgan fingerprint density at radius 1 is 1.19 bits per heavy atom. The molecule has 1 unspecified atom stereocenters. The molecule has 1 atom stereocenters. The monoisotopic (exact) mass is 291 g/mol. The fourth-order valence-corrected chi connectivity index (χ4v) is 3.82. The minimum Gasteiger partial charge on any atom is -0.444 e. The summed E-state index contributed by atoms with van der Waals surface area (Å²) >= 11 is 0. The third kappa shape index (κ3) is 3.86. The van der Waals surface area contributed by atoms with Crippen molar-refractivity contribution in [3.8, 4) is 0 Å². The lowest BCUT2D eigenvalue weighted by atomic mass is 9.83. The first-order valence-electron chi connectivity index (χ1n) is 8.61. The van der Waals surface area contributed by atoms with Gasteiger partial charge in [-0.15, -0.1) is 0 Å². The Balaban J connectivity index is 1.61. The smallest absolute Gasteiger partial charge is 0.208 e. The van der Waals surface area contributed by atoms with Crippen molar-refractivity contribution in [2.75, 3.05) is 19.6 Å². The van der Waals surface area contributed by atoms with Crippen molar-refractivity contribution in [1.29, 1.82) is 0 Å². The fourth-order valence-electron chi connectivity index (χ4n) is 3.82. The molecule has 0 spiro atoms. The van der Waals surface area contributed by atoms with Crippen LogP contribution in [0.2, 0.25) is 0 Å². The first-order chi connectivity index (χ1) is 10.2. The van der Waals surface area contributed by atoms with Gasteiger partial charge in [-0.25, -0.2) is 4.98 Å². The van der Waals surface area contributed by atoms with E-state index >= 15 is 0 Å². The number of aryl methyl sites for hydroxylation is 2. The minimum atomic E-state index is 0.657. The minimum absolute atomic E-state index is 0.657. The van der Waals surface area contributed by atoms with Gasteiger partial charge in [0.25, 0.3) is 0 Å². The molecule has 1 aromatic rings. The Morgan fingerprint density at radius 2 is 2.00 bits per heavy atom. The number of nitrogens with zero attached hydrogens (tertiary/aromatic N) is 2. The van der Waals surface area contributed by atoms with Crippen LogP contribution in [-0.2, 0) is 6.54 Å². The molecule has 1 saturated carbocycles. The number of hydrogen-bond acceptors (Lipinski definition) is 4. The highest BCUT2D eigenvalue weighted by Crippen LogP contribution is 2.27. The van der Waals surface area contributed by atoms with Crippen LogP contribution in [0.4, 0.5) is 0 Å². The lowest BCUT2D eigenvalue weighted by Gasteiger charge is -2.32. The zero-order valence-corrected chi connectivity index (χ0v) is 13.5. The Hall–Kier alpha value is -0.870. The third-order valence-electron chi connectivity index (χ3n) is 5.16. The Kier molecular flexibility index (Phi) is 4.96. The highest BCUT2D eigenvalue weighted by atomic mass is 16.4. The van der Waals surface area contributed by atoms with E-state index in [-0.39, 0.29) is 0 Å². The van der Waals surface area contributed by atoms with Crippen LogP contribution in [0, 0.1) is 19.8 Å². The molecule has 118 valence electrons. The molecule has 2 aliphatic rings. The maximum atomic E-state index is 5.77. The second-order valence-electron chi connectivity index (χ2n) is 6.80. The number of oxazole rings is 1. The summed E-state index contributed by atoms with van der Waals surface area (Å²) < 4.78 is 5.77. The van der Waals surface area contributed by atoms with Crippen molar-refractivity contribution in [2.45, 2.75) is 65.0 Å². The summed E-state index contributed by atoms with van der Waals surface area (Å²) in [5.74, 6) is 2.71. The molecule has 1 aliphatic carbocycles. The van der Waals surface area contributed by atoms with E-state index in [2.05, 4.69) is 15.2 Å². The second kappa shape index (κ2) is 6.93. The predicted octanol–water partition coefficient (Wildman–Crippen LogP) is 3.04. The Labute approximate surface area is 128 Å². The standard InChI is InChI=1S/C17H29N3O/c1-13-14(2)21-17(19-13)12-20-10-6-9-18-16(11-20)15-7-4-3-5-8-15/h15-16,18H,3-12H2,1-2H3. The maximum absolute atomic E-state index is 5.77. The van der Waals surface area contributed by atoms with Crippen LogP contribution in [0.15, 0.2) is 4.42 Å². The normalized spacial score (nSPS) is 25.9. The molecule has 3 rings (SSSR count). The predicted molar refractivity (Wildman–Crippen MR) is 84.2 cm³/mol. The SMILES string of the molecule is Cc1nc(CN2CCCNC(C3CCCCC3)C2)oc1C. The van der Waals surface area contributed by atoms with Crippen LogP contribution in [-0.4, -0.2) is 35.6 Å². The molecular weight excluding hydrogens is 262 g/mol. The molecule has 2 heterocycles. The van der Waals surface area contributed by atoms with Crippen molar-refractivity contribution < 1.29 is 4.42 Å². The van der Waals surface area contributed by atoms with Crippen molar-refractivity contribution >= 4 is 0 Å². The zero-order valence-electron chi connectivity index (χ0n) is 13.5. The van der Waals surface area contributed by atoms with Gasteiger partial charge in [0.1, 0.15) is 5.76 Å². The van der Waals surface area contributed by atoms with Crippen molar-refractivity contribution in [1.82, 2.24) is 15.2 Å². The van der Waals surface area contributed by atoms with E-state index in [9.17, 15) is 0 Å². The van der Waals surface area contributed by atoms with E-state index in [1.165, 1.54) is 38.5 Å². The van der Waals surface area contributed by atoms with E-state index in [0.29, 0.717) is 6.04 Å². The number of nitrogens with one attached hydrogen (secondary N) is 1. The van der Waals surface area contributed by atoms with E-state index < -0.39 is 0 Å². The first-order valence-corrected chi connectivity index (χ1v) is 8.61. The van der Waals surface area contributed by atoms with Gasteiger partial charge in [-0.3, -0.25) is 4.90 Å². The van der Waals surface area contributed by atoms with Crippen LogP contribution in [0.5, 0.6) is 0 Å². The third-order valence-corrected chi connectivity index (χ3v) is 5.16. The molecule has 4 heteroatoms. The summed E-state index contributed by atoms with van der Waals surface area (Å²) in [6.45, 7) is 8.33. The van der Waals surface area contributed by atoms with Crippen molar-refractivity contribution in [3.05, 3.63) is 17.3 Å². The average molecular weight is 291 g/mol. The molecule has 1 saturated heterocycles. The summed E-state index contributed by atoms with van der Waals surface area (Å²) in [5, 5.41) is 3.79. The summed E-state index contributed by atoms with van der Waals surface area (Å²) in [5.41, 5.74) is 1.03. The van der Waals surface area contributed by atoms with Gasteiger partial charge in [-0.2, -0.15) is 0 Å². The molecule has 2 fully saturated rings. The van der Waals surface area contributed by atoms with Gasteiger partial charge >= 0.3 is 0 Å². The highest BCUT2D eigenvalue weighted by Gasteiger charge is 2.27. The van der Waals surface area contributed by atoms with Crippen molar-refractivity contribution in [3.63, 3.8) is 0 Å². The van der Waals surface area contributed by atoms with Crippen LogP contribution in [0.25, 0.3) is 0 Å². The van der Waals surface area contributed by atoms with Crippen LogP contribution < -0.4 is 5.32 Å². The average Bonchev–Trinajstić information content (AvgIpc) is 2.68. The van der Waals surface area contributed by atoms with Gasteiger partial charge in [-0.05, 0) is 52.1 Å². The van der Waals surface area contributed by atoms with Gasteiger partial charge in [0.15, 0.2) is 0 Å². The van der Waals surface area contributed by atoms with Gasteiger partial charge < -0.3 is 9.73 Å². The van der Waals surface area contributed by atoms with E-state index in [0.717, 1.165) is 49.4 Å². The van der Waals surface area contributed by atoms with Crippen LogP contribution in [0.3, 0.4) is 0 Å². The van der Waals surface area contributed by atoms with Crippen LogP contribution >= 0.6 is 0 Å². The molecule has 0 aromatic carbocycles. The molecule has 0 amide bonds. The molecular formula is C17H29N3O. The molecule has 4 nitrogen and oxygen atoms in total. The summed E-state index contributed by atoms with van der Waals surface area (Å²) in [7, 11) is 0. The largest absolute Gasteiger partial charge is 0.444 e. The maximum Gasteiger partial charge on any atom is 0.208 e. The number of rotatable bonds is 3. The van der Waals surface area contributed by atoms with E-state index in [1.807, 2.05) is 13.8 Å². The lowest BCUT2D eigenvalue weighted by Crippen LogP contribution is -2.43. The summed E-state index contributed by atoms with van der Waals surface area (Å²) in [4.78, 5) is 7.08. The topological polar surface area (TPSA) is 41.3 Å². The van der Waals surface area contributed by atoms with E-state index in [1.54, 1.807) is 0 Å². The lowest BCUT2D eigenvalue weighted by molar-refractivity contribution is 0.189. The molecule has 1 N–H and O–H groups in total. The van der Waals surface area contributed by atoms with Gasteiger partial charge in [0, 0.05) is 12.6 Å². The number of hydrogen-bond donors (Lipinski definition) is 1. The summed E-state index contributed by atoms with van der Waals surface area (Å²) in [6, 6.07) is 0.657. The highest BCUT2D eigenvalue weighted by molar-refractivity contribution is 5.05. The molecule has 21 heavy (non-hydrogen) atoms. The Bertz CT molecular complexity index is 431. The van der Waals surface area contributed by atoms with Crippen molar-refractivity contribution in [2.24, 2.45) is 5.92 Å².